The largest absolute Gasteiger partial charge is 0.482 e. The normalized spacial score (nSPS) is 15.9. The minimum absolute atomic E-state index is 0.0800. The van der Waals surface area contributed by atoms with E-state index in [0.29, 0.717) is 55.6 Å². The smallest absolute Gasteiger partial charge is 0.260 e. The van der Waals surface area contributed by atoms with Crippen molar-refractivity contribution in [2.24, 2.45) is 11.1 Å². The molecule has 0 bridgehead atoms. The molecule has 1 fully saturated rings. The molecule has 2 rings (SSSR count). The van der Waals surface area contributed by atoms with Crippen LogP contribution < -0.4 is 15.8 Å². The second kappa shape index (κ2) is 9.92. The summed E-state index contributed by atoms with van der Waals surface area (Å²) in [5, 5.41) is 3.21. The van der Waals surface area contributed by atoms with E-state index in [0.717, 1.165) is 0 Å². The molecular formula is C19H28ClN3O4. The Bertz CT molecular complexity index is 658. The highest BCUT2D eigenvalue weighted by molar-refractivity contribution is 6.32. The van der Waals surface area contributed by atoms with Crippen molar-refractivity contribution in [2.75, 3.05) is 44.8 Å². The Morgan fingerprint density at radius 1 is 1.30 bits per heavy atom. The average Bonchev–Trinajstić information content (AvgIpc) is 2.68. The molecule has 150 valence electrons. The first-order valence-electron chi connectivity index (χ1n) is 9.25. The standard InChI is InChI=1S/C19H28ClN3O4/c1-3-23(4-2)17(24)12-27-16-6-5-14(11-15(16)20)22-18(25)19(13-21)7-9-26-10-8-19/h5-6,11H,3-4,7-10,12-13,21H2,1-2H3,(H,22,25). The van der Waals surface area contributed by atoms with Crippen molar-refractivity contribution in [3.8, 4) is 5.75 Å². The number of carbonyl (C=O) groups is 2. The Hall–Kier alpha value is -1.83. The quantitative estimate of drug-likeness (QED) is 0.701. The Balaban J connectivity index is 1.99. The van der Waals surface area contributed by atoms with Gasteiger partial charge in [-0.25, -0.2) is 0 Å². The van der Waals surface area contributed by atoms with Crippen LogP contribution in [0.25, 0.3) is 0 Å². The van der Waals surface area contributed by atoms with Crippen molar-refractivity contribution in [3.05, 3.63) is 23.2 Å². The van der Waals surface area contributed by atoms with Crippen LogP contribution in [0, 0.1) is 5.41 Å². The number of nitrogens with two attached hydrogens (primary N) is 1. The summed E-state index contributed by atoms with van der Waals surface area (Å²) in [6.45, 7) is 6.33. The summed E-state index contributed by atoms with van der Waals surface area (Å²) in [5.74, 6) is 0.169. The molecule has 1 saturated heterocycles. The molecule has 3 N–H and O–H groups in total. The molecule has 0 aromatic heterocycles. The third kappa shape index (κ3) is 5.34. The molecule has 2 amide bonds. The lowest BCUT2D eigenvalue weighted by Gasteiger charge is -2.34. The van der Waals surface area contributed by atoms with Crippen LogP contribution in [0.5, 0.6) is 5.75 Å². The number of amides is 2. The van der Waals surface area contributed by atoms with E-state index in [9.17, 15) is 9.59 Å². The third-order valence-corrected chi connectivity index (χ3v) is 5.27. The summed E-state index contributed by atoms with van der Waals surface area (Å²) in [7, 11) is 0. The Morgan fingerprint density at radius 2 is 1.96 bits per heavy atom. The van der Waals surface area contributed by atoms with Gasteiger partial charge in [0.1, 0.15) is 5.75 Å². The molecule has 1 aliphatic heterocycles. The van der Waals surface area contributed by atoms with Gasteiger partial charge in [0.2, 0.25) is 5.91 Å². The molecular weight excluding hydrogens is 370 g/mol. The maximum absolute atomic E-state index is 12.7. The average molecular weight is 398 g/mol. The second-order valence-corrected chi connectivity index (χ2v) is 6.96. The van der Waals surface area contributed by atoms with Gasteiger partial charge in [0.25, 0.3) is 5.91 Å². The minimum Gasteiger partial charge on any atom is -0.482 e. The van der Waals surface area contributed by atoms with Gasteiger partial charge >= 0.3 is 0 Å². The van der Waals surface area contributed by atoms with Crippen molar-refractivity contribution in [2.45, 2.75) is 26.7 Å². The number of likely N-dealkylation sites (N-methyl/N-ethyl adjacent to an activating group) is 1. The number of carbonyl (C=O) groups excluding carboxylic acids is 2. The highest BCUT2D eigenvalue weighted by atomic mass is 35.5. The van der Waals surface area contributed by atoms with Gasteiger partial charge in [-0.15, -0.1) is 0 Å². The van der Waals surface area contributed by atoms with Crippen LogP contribution in [0.4, 0.5) is 5.69 Å². The Kier molecular flexibility index (Phi) is 7.89. The van der Waals surface area contributed by atoms with Crippen molar-refractivity contribution in [1.82, 2.24) is 4.90 Å². The van der Waals surface area contributed by atoms with Gasteiger partial charge in [0, 0.05) is 38.5 Å². The maximum atomic E-state index is 12.7. The van der Waals surface area contributed by atoms with E-state index >= 15 is 0 Å². The molecule has 0 atom stereocenters. The SMILES string of the molecule is CCN(CC)C(=O)COc1ccc(NC(=O)C2(CN)CCOCC2)cc1Cl. The predicted octanol–water partition coefficient (Wildman–Crippen LogP) is 2.28. The van der Waals surface area contributed by atoms with E-state index in [1.165, 1.54) is 0 Å². The van der Waals surface area contributed by atoms with Gasteiger partial charge < -0.3 is 25.4 Å². The first kappa shape index (κ1) is 21.5. The monoisotopic (exact) mass is 397 g/mol. The first-order chi connectivity index (χ1) is 13.0. The van der Waals surface area contributed by atoms with Crippen LogP contribution in [0.15, 0.2) is 18.2 Å². The summed E-state index contributed by atoms with van der Waals surface area (Å²) in [6.07, 6.45) is 1.19. The minimum atomic E-state index is -0.615. The van der Waals surface area contributed by atoms with E-state index in [-0.39, 0.29) is 25.0 Å². The number of nitrogens with zero attached hydrogens (tertiary/aromatic N) is 1. The first-order valence-corrected chi connectivity index (χ1v) is 9.63. The topological polar surface area (TPSA) is 93.9 Å². The molecule has 0 unspecified atom stereocenters. The van der Waals surface area contributed by atoms with Crippen LogP contribution in [-0.2, 0) is 14.3 Å². The van der Waals surface area contributed by atoms with Gasteiger partial charge in [-0.3, -0.25) is 9.59 Å². The van der Waals surface area contributed by atoms with Crippen molar-refractivity contribution < 1.29 is 19.1 Å². The summed E-state index contributed by atoms with van der Waals surface area (Å²) in [6, 6.07) is 4.96. The second-order valence-electron chi connectivity index (χ2n) is 6.55. The summed E-state index contributed by atoms with van der Waals surface area (Å²) < 4.78 is 10.9. The molecule has 27 heavy (non-hydrogen) atoms. The van der Waals surface area contributed by atoms with Gasteiger partial charge in [0.15, 0.2) is 6.61 Å². The number of benzene rings is 1. The number of hydrogen-bond donors (Lipinski definition) is 2. The van der Waals surface area contributed by atoms with Crippen LogP contribution >= 0.6 is 11.6 Å². The zero-order valence-electron chi connectivity index (χ0n) is 15.9. The fourth-order valence-corrected chi connectivity index (χ4v) is 3.29. The van der Waals surface area contributed by atoms with Crippen molar-refractivity contribution in [3.63, 3.8) is 0 Å². The molecule has 1 heterocycles. The Morgan fingerprint density at radius 3 is 2.52 bits per heavy atom. The molecule has 0 radical (unpaired) electrons. The fourth-order valence-electron chi connectivity index (χ4n) is 3.05. The van der Waals surface area contributed by atoms with E-state index in [2.05, 4.69) is 5.32 Å². The Labute approximate surface area is 165 Å². The number of ether oxygens (including phenoxy) is 2. The number of halogens is 1. The summed E-state index contributed by atoms with van der Waals surface area (Å²) in [4.78, 5) is 26.4. The van der Waals surface area contributed by atoms with Crippen LogP contribution in [0.3, 0.4) is 0 Å². The number of anilines is 1. The van der Waals surface area contributed by atoms with E-state index in [1.807, 2.05) is 13.8 Å². The summed E-state index contributed by atoms with van der Waals surface area (Å²) >= 11 is 6.25. The van der Waals surface area contributed by atoms with E-state index < -0.39 is 5.41 Å². The van der Waals surface area contributed by atoms with E-state index in [1.54, 1.807) is 23.1 Å². The van der Waals surface area contributed by atoms with Gasteiger partial charge in [0.05, 0.1) is 10.4 Å². The molecule has 0 aliphatic carbocycles. The predicted molar refractivity (Wildman–Crippen MR) is 105 cm³/mol. The molecule has 0 spiro atoms. The van der Waals surface area contributed by atoms with Gasteiger partial charge in [-0.2, -0.15) is 0 Å². The number of rotatable bonds is 8. The molecule has 7 nitrogen and oxygen atoms in total. The number of hydrogen-bond acceptors (Lipinski definition) is 5. The van der Waals surface area contributed by atoms with Crippen LogP contribution in [0.2, 0.25) is 5.02 Å². The molecule has 1 aromatic rings. The molecule has 0 saturated carbocycles. The van der Waals surface area contributed by atoms with E-state index in [4.69, 9.17) is 26.8 Å². The number of nitrogens with one attached hydrogen (secondary N) is 1. The zero-order valence-corrected chi connectivity index (χ0v) is 16.7. The molecule has 8 heteroatoms. The highest BCUT2D eigenvalue weighted by Crippen LogP contribution is 2.32. The van der Waals surface area contributed by atoms with Crippen molar-refractivity contribution >= 4 is 29.1 Å². The highest BCUT2D eigenvalue weighted by Gasteiger charge is 2.38. The molecule has 1 aromatic carbocycles. The maximum Gasteiger partial charge on any atom is 0.260 e. The lowest BCUT2D eigenvalue weighted by molar-refractivity contribution is -0.133. The fraction of sp³-hybridized carbons (Fsp3) is 0.579. The molecule has 1 aliphatic rings. The zero-order chi connectivity index (χ0) is 19.9. The van der Waals surface area contributed by atoms with Gasteiger partial charge in [-0.1, -0.05) is 11.6 Å². The van der Waals surface area contributed by atoms with Crippen molar-refractivity contribution in [1.29, 1.82) is 0 Å². The van der Waals surface area contributed by atoms with Crippen LogP contribution in [-0.4, -0.2) is 56.2 Å². The lowest BCUT2D eigenvalue weighted by atomic mass is 9.79. The summed E-state index contributed by atoms with van der Waals surface area (Å²) in [5.41, 5.74) is 5.81. The van der Waals surface area contributed by atoms with Gasteiger partial charge in [-0.05, 0) is 44.9 Å². The third-order valence-electron chi connectivity index (χ3n) is 4.98. The lowest BCUT2D eigenvalue weighted by Crippen LogP contribution is -2.46. The van der Waals surface area contributed by atoms with Crippen LogP contribution in [0.1, 0.15) is 26.7 Å².